The van der Waals surface area contributed by atoms with E-state index in [0.29, 0.717) is 32.0 Å². The summed E-state index contributed by atoms with van der Waals surface area (Å²) in [5.74, 6) is 0.699. The van der Waals surface area contributed by atoms with E-state index in [4.69, 9.17) is 10.7 Å². The molecule has 1 fully saturated rings. The summed E-state index contributed by atoms with van der Waals surface area (Å²) in [6.07, 6.45) is 7.15. The number of anilines is 1. The van der Waals surface area contributed by atoms with Crippen molar-refractivity contribution in [3.63, 3.8) is 0 Å². The molecule has 0 spiro atoms. The standard InChI is InChI=1S/C33H42N6O3/c1-2-3-15-28-36-31-32(26-13-5-6-14-27(26)35-33(31)34)39(28)19-10-18-38(29(40)23-37-16-7-4-8-17-37)22-25-12-9-11-24(20-25)21-30(41)42/h5-6,9,11-14,20H,2-4,7-8,10,15-19,21-23H2,1H3,(H2,34,35)(H,41,42). The molecule has 0 atom stereocenters. The largest absolute Gasteiger partial charge is 0.481 e. The molecule has 9 heteroatoms. The molecule has 2 aromatic heterocycles. The van der Waals surface area contributed by atoms with Crippen LogP contribution in [0.4, 0.5) is 5.82 Å². The van der Waals surface area contributed by atoms with Crippen molar-refractivity contribution in [3.8, 4) is 0 Å². The van der Waals surface area contributed by atoms with Crippen molar-refractivity contribution < 1.29 is 14.7 Å². The first-order chi connectivity index (χ1) is 20.4. The molecule has 0 unspecified atom stereocenters. The fourth-order valence-corrected chi connectivity index (χ4v) is 6.02. The Labute approximate surface area is 247 Å². The Kier molecular flexibility index (Phi) is 9.69. The smallest absolute Gasteiger partial charge is 0.307 e. The zero-order chi connectivity index (χ0) is 29.5. The molecular formula is C33H42N6O3. The van der Waals surface area contributed by atoms with Crippen molar-refractivity contribution in [2.75, 3.05) is 31.9 Å². The van der Waals surface area contributed by atoms with Crippen LogP contribution in [0.15, 0.2) is 48.5 Å². The molecule has 222 valence electrons. The zero-order valence-electron chi connectivity index (χ0n) is 24.6. The van der Waals surface area contributed by atoms with Gasteiger partial charge in [-0.25, -0.2) is 9.97 Å². The van der Waals surface area contributed by atoms with Gasteiger partial charge in [0.05, 0.1) is 24.0 Å². The number of aromatic nitrogens is 3. The minimum absolute atomic E-state index is 0.0320. The van der Waals surface area contributed by atoms with Crippen molar-refractivity contribution in [3.05, 3.63) is 65.5 Å². The predicted molar refractivity (Wildman–Crippen MR) is 166 cm³/mol. The first kappa shape index (κ1) is 29.5. The van der Waals surface area contributed by atoms with Crippen LogP contribution in [-0.2, 0) is 35.5 Å². The molecule has 3 heterocycles. The van der Waals surface area contributed by atoms with Crippen LogP contribution >= 0.6 is 0 Å². The van der Waals surface area contributed by atoms with Gasteiger partial charge in [0, 0.05) is 31.4 Å². The highest BCUT2D eigenvalue weighted by molar-refractivity contribution is 6.06. The Morgan fingerprint density at radius 3 is 2.57 bits per heavy atom. The number of amides is 1. The fourth-order valence-electron chi connectivity index (χ4n) is 6.02. The number of nitrogen functional groups attached to an aromatic ring is 1. The second kappa shape index (κ2) is 13.8. The molecule has 1 aliphatic heterocycles. The SMILES string of the molecule is CCCCc1nc2c(N)nc3ccccc3c2n1CCCN(Cc1cccc(CC(=O)O)c1)C(=O)CN1CCCCC1. The van der Waals surface area contributed by atoms with E-state index in [2.05, 4.69) is 27.4 Å². The van der Waals surface area contributed by atoms with Crippen LogP contribution in [0, 0.1) is 0 Å². The number of carbonyl (C=O) groups excluding carboxylic acids is 1. The maximum Gasteiger partial charge on any atom is 0.307 e. The maximum atomic E-state index is 13.7. The molecule has 42 heavy (non-hydrogen) atoms. The number of aryl methyl sites for hydroxylation is 2. The third-order valence-electron chi connectivity index (χ3n) is 8.13. The summed E-state index contributed by atoms with van der Waals surface area (Å²) in [4.78, 5) is 38.7. The zero-order valence-corrected chi connectivity index (χ0v) is 24.6. The van der Waals surface area contributed by atoms with Crippen LogP contribution in [0.5, 0.6) is 0 Å². The molecule has 4 aromatic rings. The average molecular weight is 571 g/mol. The Hall–Kier alpha value is -3.98. The number of benzene rings is 2. The normalized spacial score (nSPS) is 14.0. The topological polar surface area (TPSA) is 118 Å². The van der Waals surface area contributed by atoms with Gasteiger partial charge in [0.2, 0.25) is 5.91 Å². The lowest BCUT2D eigenvalue weighted by atomic mass is 10.1. The lowest BCUT2D eigenvalue weighted by Gasteiger charge is -2.30. The van der Waals surface area contributed by atoms with Gasteiger partial charge in [0.15, 0.2) is 5.82 Å². The van der Waals surface area contributed by atoms with Gasteiger partial charge in [-0.15, -0.1) is 0 Å². The van der Waals surface area contributed by atoms with Gasteiger partial charge in [-0.2, -0.15) is 0 Å². The maximum absolute atomic E-state index is 13.7. The van der Waals surface area contributed by atoms with E-state index in [0.717, 1.165) is 90.5 Å². The van der Waals surface area contributed by atoms with E-state index >= 15 is 0 Å². The molecule has 9 nitrogen and oxygen atoms in total. The van der Waals surface area contributed by atoms with E-state index in [1.807, 2.05) is 47.4 Å². The third kappa shape index (κ3) is 7.07. The van der Waals surface area contributed by atoms with E-state index in [1.54, 1.807) is 0 Å². The summed E-state index contributed by atoms with van der Waals surface area (Å²) in [6, 6.07) is 15.6. The van der Waals surface area contributed by atoms with Crippen LogP contribution in [0.3, 0.4) is 0 Å². The Balaban J connectivity index is 1.40. The summed E-state index contributed by atoms with van der Waals surface area (Å²) in [6.45, 7) is 6.24. The number of imidazole rings is 1. The second-order valence-electron chi connectivity index (χ2n) is 11.4. The number of piperidine rings is 1. The van der Waals surface area contributed by atoms with Crippen LogP contribution in [0.2, 0.25) is 0 Å². The third-order valence-corrected chi connectivity index (χ3v) is 8.13. The van der Waals surface area contributed by atoms with Crippen LogP contribution in [0.25, 0.3) is 21.9 Å². The second-order valence-corrected chi connectivity index (χ2v) is 11.4. The van der Waals surface area contributed by atoms with Gasteiger partial charge in [-0.05, 0) is 56.0 Å². The Bertz CT molecular complexity index is 1540. The highest BCUT2D eigenvalue weighted by atomic mass is 16.4. The van der Waals surface area contributed by atoms with Gasteiger partial charge < -0.3 is 20.3 Å². The summed E-state index contributed by atoms with van der Waals surface area (Å²) in [5, 5.41) is 10.3. The van der Waals surface area contributed by atoms with Gasteiger partial charge in [-0.3, -0.25) is 14.5 Å². The van der Waals surface area contributed by atoms with Crippen LogP contribution < -0.4 is 5.73 Å². The number of rotatable bonds is 13. The van der Waals surface area contributed by atoms with Crippen molar-refractivity contribution in [2.24, 2.45) is 0 Å². The molecule has 0 bridgehead atoms. The van der Waals surface area contributed by atoms with Gasteiger partial charge in [0.1, 0.15) is 11.3 Å². The summed E-state index contributed by atoms with van der Waals surface area (Å²) >= 11 is 0. The van der Waals surface area contributed by atoms with Crippen LogP contribution in [-0.4, -0.2) is 67.5 Å². The molecular weight excluding hydrogens is 528 g/mol. The molecule has 0 saturated carbocycles. The molecule has 0 aliphatic carbocycles. The molecule has 5 rings (SSSR count). The number of nitrogens with zero attached hydrogens (tertiary/aromatic N) is 5. The number of fused-ring (bicyclic) bond motifs is 3. The summed E-state index contributed by atoms with van der Waals surface area (Å²) in [5.41, 5.74) is 10.7. The first-order valence-corrected chi connectivity index (χ1v) is 15.3. The monoisotopic (exact) mass is 570 g/mol. The van der Waals surface area contributed by atoms with Gasteiger partial charge in [-0.1, -0.05) is 62.2 Å². The number of pyridine rings is 1. The molecule has 1 saturated heterocycles. The molecule has 3 N–H and O–H groups in total. The molecule has 1 amide bonds. The molecule has 0 radical (unpaired) electrons. The van der Waals surface area contributed by atoms with E-state index in [-0.39, 0.29) is 12.3 Å². The summed E-state index contributed by atoms with van der Waals surface area (Å²) in [7, 11) is 0. The number of carbonyl (C=O) groups is 2. The van der Waals surface area contributed by atoms with Crippen molar-refractivity contribution >= 4 is 39.6 Å². The Morgan fingerprint density at radius 1 is 1.00 bits per heavy atom. The summed E-state index contributed by atoms with van der Waals surface area (Å²) < 4.78 is 2.28. The number of nitrogens with two attached hydrogens (primary N) is 1. The quantitative estimate of drug-likeness (QED) is 0.231. The predicted octanol–water partition coefficient (Wildman–Crippen LogP) is 5.04. The number of likely N-dealkylation sites (tertiary alicyclic amines) is 1. The van der Waals surface area contributed by atoms with Gasteiger partial charge in [0.25, 0.3) is 0 Å². The van der Waals surface area contributed by atoms with E-state index in [1.165, 1.54) is 6.42 Å². The first-order valence-electron chi connectivity index (χ1n) is 15.3. The number of carboxylic acids is 1. The van der Waals surface area contributed by atoms with Crippen molar-refractivity contribution in [1.29, 1.82) is 0 Å². The number of hydrogen-bond acceptors (Lipinski definition) is 6. The van der Waals surface area contributed by atoms with Crippen LogP contribution in [0.1, 0.15) is 62.4 Å². The van der Waals surface area contributed by atoms with E-state index in [9.17, 15) is 14.7 Å². The molecule has 2 aromatic carbocycles. The number of aliphatic carboxylic acids is 1. The lowest BCUT2D eigenvalue weighted by molar-refractivity contribution is -0.136. The lowest BCUT2D eigenvalue weighted by Crippen LogP contribution is -2.42. The minimum Gasteiger partial charge on any atom is -0.481 e. The number of hydrogen-bond donors (Lipinski definition) is 2. The number of unbranched alkanes of at least 4 members (excludes halogenated alkanes) is 1. The number of carboxylic acid groups (broad SMARTS) is 1. The van der Waals surface area contributed by atoms with Crippen molar-refractivity contribution in [1.82, 2.24) is 24.3 Å². The fraction of sp³-hybridized carbons (Fsp3) is 0.455. The van der Waals surface area contributed by atoms with E-state index < -0.39 is 5.97 Å². The highest BCUT2D eigenvalue weighted by Gasteiger charge is 2.21. The average Bonchev–Trinajstić information content (AvgIpc) is 3.35. The highest BCUT2D eigenvalue weighted by Crippen LogP contribution is 2.29. The number of para-hydroxylation sites is 1. The van der Waals surface area contributed by atoms with Crippen molar-refractivity contribution in [2.45, 2.75) is 71.4 Å². The molecule has 1 aliphatic rings. The minimum atomic E-state index is -0.861. The Morgan fingerprint density at radius 2 is 1.79 bits per heavy atom. The van der Waals surface area contributed by atoms with Gasteiger partial charge >= 0.3 is 5.97 Å².